The lowest BCUT2D eigenvalue weighted by atomic mass is 9.94. The summed E-state index contributed by atoms with van der Waals surface area (Å²) in [6.45, 7) is 0. The fourth-order valence-electron chi connectivity index (χ4n) is 3.45. The number of carbonyl (C=O) groups is 1. The lowest BCUT2D eigenvalue weighted by Gasteiger charge is -2.30. The molecular formula is C21H24O8. The molecule has 0 aromatic heterocycles. The number of hydrogen-bond acceptors (Lipinski definition) is 8. The van der Waals surface area contributed by atoms with Crippen molar-refractivity contribution in [3.05, 3.63) is 29.3 Å². The van der Waals surface area contributed by atoms with Crippen LogP contribution in [0, 0.1) is 0 Å². The number of hydrogen-bond donors (Lipinski definition) is 0. The molecule has 2 aromatic carbocycles. The normalized spacial score (nSPS) is 15.1. The fraction of sp³-hybridized carbons (Fsp3) is 0.381. The number of ketones is 1. The van der Waals surface area contributed by atoms with Crippen molar-refractivity contribution < 1.29 is 38.0 Å². The van der Waals surface area contributed by atoms with Crippen LogP contribution in [-0.4, -0.2) is 48.4 Å². The molecule has 0 saturated heterocycles. The van der Waals surface area contributed by atoms with Crippen LogP contribution < -0.4 is 33.2 Å². The minimum absolute atomic E-state index is 0.109. The van der Waals surface area contributed by atoms with Gasteiger partial charge in [0.25, 0.3) is 0 Å². The lowest BCUT2D eigenvalue weighted by Crippen LogP contribution is -2.22. The number of Topliss-reactive ketones (excluding diaryl/α,β-unsaturated/α-hetero) is 1. The van der Waals surface area contributed by atoms with Gasteiger partial charge in [-0.05, 0) is 17.7 Å². The van der Waals surface area contributed by atoms with E-state index in [1.165, 1.54) is 28.4 Å². The molecule has 0 aliphatic carbocycles. The minimum Gasteiger partial charge on any atom is -0.493 e. The number of benzene rings is 2. The SMILES string of the molecule is COc1ccc(C2CC(=O)c3c(OC)c(OC)c(OC)c(OC)c3O2)cc1OC. The number of ether oxygens (including phenoxy) is 7. The summed E-state index contributed by atoms with van der Waals surface area (Å²) in [5, 5.41) is 0. The van der Waals surface area contributed by atoms with E-state index in [0.29, 0.717) is 11.5 Å². The molecule has 0 saturated carbocycles. The van der Waals surface area contributed by atoms with Gasteiger partial charge in [0, 0.05) is 0 Å². The molecular weight excluding hydrogens is 380 g/mol. The molecule has 2 aromatic rings. The largest absolute Gasteiger partial charge is 0.493 e. The van der Waals surface area contributed by atoms with Gasteiger partial charge >= 0.3 is 0 Å². The van der Waals surface area contributed by atoms with E-state index >= 15 is 0 Å². The third kappa shape index (κ3) is 3.35. The predicted octanol–water partition coefficient (Wildman–Crippen LogP) is 3.44. The van der Waals surface area contributed by atoms with E-state index in [-0.39, 0.29) is 46.5 Å². The number of rotatable bonds is 7. The van der Waals surface area contributed by atoms with Gasteiger partial charge in [0.1, 0.15) is 11.7 Å². The molecule has 1 heterocycles. The summed E-state index contributed by atoms with van der Waals surface area (Å²) in [5.41, 5.74) is 1.02. The maximum atomic E-state index is 13.1. The third-order valence-corrected chi connectivity index (χ3v) is 4.78. The Hall–Kier alpha value is -3.29. The van der Waals surface area contributed by atoms with E-state index in [9.17, 15) is 4.79 Å². The topological polar surface area (TPSA) is 81.7 Å². The Morgan fingerprint density at radius 3 is 1.90 bits per heavy atom. The second-order valence-corrected chi connectivity index (χ2v) is 6.19. The monoisotopic (exact) mass is 404 g/mol. The van der Waals surface area contributed by atoms with Crippen LogP contribution in [-0.2, 0) is 0 Å². The summed E-state index contributed by atoms with van der Waals surface area (Å²) >= 11 is 0. The smallest absolute Gasteiger partial charge is 0.211 e. The zero-order chi connectivity index (χ0) is 21.1. The first-order valence-corrected chi connectivity index (χ1v) is 8.86. The van der Waals surface area contributed by atoms with Crippen molar-refractivity contribution in [2.24, 2.45) is 0 Å². The molecule has 0 bridgehead atoms. The van der Waals surface area contributed by atoms with Gasteiger partial charge in [-0.3, -0.25) is 4.79 Å². The summed E-state index contributed by atoms with van der Waals surface area (Å²) < 4.78 is 38.7. The summed E-state index contributed by atoms with van der Waals surface area (Å²) in [4.78, 5) is 13.1. The number of methoxy groups -OCH3 is 6. The maximum Gasteiger partial charge on any atom is 0.211 e. The highest BCUT2D eigenvalue weighted by atomic mass is 16.6. The molecule has 0 N–H and O–H groups in total. The van der Waals surface area contributed by atoms with Crippen LogP contribution >= 0.6 is 0 Å². The summed E-state index contributed by atoms with van der Waals surface area (Å²) in [6, 6.07) is 5.38. The molecule has 1 atom stereocenters. The van der Waals surface area contributed by atoms with E-state index in [0.717, 1.165) is 5.56 Å². The fourth-order valence-corrected chi connectivity index (χ4v) is 3.45. The molecule has 29 heavy (non-hydrogen) atoms. The van der Waals surface area contributed by atoms with Gasteiger partial charge in [0.2, 0.25) is 17.2 Å². The minimum atomic E-state index is -0.550. The molecule has 0 spiro atoms. The first-order valence-electron chi connectivity index (χ1n) is 8.86. The van der Waals surface area contributed by atoms with E-state index in [4.69, 9.17) is 33.2 Å². The van der Waals surface area contributed by atoms with Crippen LogP contribution in [0.25, 0.3) is 0 Å². The van der Waals surface area contributed by atoms with Gasteiger partial charge in [0.05, 0.1) is 49.1 Å². The molecule has 1 aliphatic rings. The van der Waals surface area contributed by atoms with Crippen LogP contribution in [0.2, 0.25) is 0 Å². The van der Waals surface area contributed by atoms with Crippen LogP contribution in [0.5, 0.6) is 40.2 Å². The molecule has 0 amide bonds. The molecule has 0 fully saturated rings. The van der Waals surface area contributed by atoms with Crippen molar-refractivity contribution in [3.63, 3.8) is 0 Å². The van der Waals surface area contributed by atoms with Gasteiger partial charge in [-0.1, -0.05) is 6.07 Å². The molecule has 0 radical (unpaired) electrons. The highest BCUT2D eigenvalue weighted by Crippen LogP contribution is 2.56. The van der Waals surface area contributed by atoms with Crippen LogP contribution in [0.4, 0.5) is 0 Å². The predicted molar refractivity (Wildman–Crippen MR) is 105 cm³/mol. The van der Waals surface area contributed by atoms with Crippen molar-refractivity contribution in [3.8, 4) is 40.2 Å². The average molecular weight is 404 g/mol. The van der Waals surface area contributed by atoms with E-state index in [1.807, 2.05) is 6.07 Å². The van der Waals surface area contributed by atoms with E-state index < -0.39 is 6.10 Å². The highest BCUT2D eigenvalue weighted by molar-refractivity contribution is 6.05. The van der Waals surface area contributed by atoms with Crippen molar-refractivity contribution in [2.75, 3.05) is 42.7 Å². The average Bonchev–Trinajstić information content (AvgIpc) is 2.76. The van der Waals surface area contributed by atoms with Gasteiger partial charge in [0.15, 0.2) is 28.8 Å². The van der Waals surface area contributed by atoms with Gasteiger partial charge < -0.3 is 33.2 Å². The van der Waals surface area contributed by atoms with Crippen molar-refractivity contribution in [1.82, 2.24) is 0 Å². The quantitative estimate of drug-likeness (QED) is 0.694. The molecule has 8 nitrogen and oxygen atoms in total. The third-order valence-electron chi connectivity index (χ3n) is 4.78. The van der Waals surface area contributed by atoms with Gasteiger partial charge in [-0.15, -0.1) is 0 Å². The van der Waals surface area contributed by atoms with Crippen molar-refractivity contribution in [2.45, 2.75) is 12.5 Å². The van der Waals surface area contributed by atoms with Gasteiger partial charge in [-0.25, -0.2) is 0 Å². The van der Waals surface area contributed by atoms with E-state index in [1.54, 1.807) is 26.4 Å². The Bertz CT molecular complexity index is 922. The van der Waals surface area contributed by atoms with Crippen LogP contribution in [0.3, 0.4) is 0 Å². The Balaban J connectivity index is 2.15. The standard InChI is InChI=1S/C21H24O8/c1-23-13-8-7-11(9-15(13)24-2)14-10-12(22)16-17(25-3)19(26-4)21(28-6)20(27-5)18(16)29-14/h7-9,14H,10H2,1-6H3. The molecule has 8 heteroatoms. The lowest BCUT2D eigenvalue weighted by molar-refractivity contribution is 0.0833. The second-order valence-electron chi connectivity index (χ2n) is 6.19. The summed E-state index contributed by atoms with van der Waals surface area (Å²) in [6.07, 6.45) is -0.441. The first-order chi connectivity index (χ1) is 14.0. The molecule has 156 valence electrons. The molecule has 1 unspecified atom stereocenters. The summed E-state index contributed by atoms with van der Waals surface area (Å²) in [7, 11) is 8.98. The highest BCUT2D eigenvalue weighted by Gasteiger charge is 2.38. The Morgan fingerprint density at radius 1 is 0.759 bits per heavy atom. The zero-order valence-electron chi connectivity index (χ0n) is 17.3. The van der Waals surface area contributed by atoms with Crippen LogP contribution in [0.15, 0.2) is 18.2 Å². The zero-order valence-corrected chi connectivity index (χ0v) is 17.3. The molecule has 1 aliphatic heterocycles. The molecule has 3 rings (SSSR count). The Kier molecular flexibility index (Phi) is 5.91. The summed E-state index contributed by atoms with van der Waals surface area (Å²) in [5.74, 6) is 2.28. The maximum absolute atomic E-state index is 13.1. The van der Waals surface area contributed by atoms with Crippen LogP contribution in [0.1, 0.15) is 28.4 Å². The second kappa shape index (κ2) is 8.38. The Labute approximate surface area is 169 Å². The Morgan fingerprint density at radius 2 is 1.34 bits per heavy atom. The van der Waals surface area contributed by atoms with Crippen molar-refractivity contribution in [1.29, 1.82) is 0 Å². The number of carbonyl (C=O) groups excluding carboxylic acids is 1. The van der Waals surface area contributed by atoms with E-state index in [2.05, 4.69) is 0 Å². The number of fused-ring (bicyclic) bond motifs is 1. The van der Waals surface area contributed by atoms with Crippen molar-refractivity contribution >= 4 is 5.78 Å². The van der Waals surface area contributed by atoms with Gasteiger partial charge in [-0.2, -0.15) is 0 Å². The first kappa shape index (κ1) is 20.4.